The number of unbranched alkanes of at least 4 members (excludes halogenated alkanes) is 1. The Balaban J connectivity index is 3.12. The molecule has 1 unspecified atom stereocenters. The van der Waals surface area contributed by atoms with E-state index in [4.69, 9.17) is 0 Å². The molecule has 0 spiro atoms. The molecular formula is C11H21. The third-order valence-electron chi connectivity index (χ3n) is 2.06. The summed E-state index contributed by atoms with van der Waals surface area (Å²) < 4.78 is 0. The molecule has 0 rings (SSSR count). The number of hydrogen-bond donors (Lipinski definition) is 0. The van der Waals surface area contributed by atoms with E-state index in [-0.39, 0.29) is 0 Å². The molecule has 0 aliphatic heterocycles. The Morgan fingerprint density at radius 3 is 2.45 bits per heavy atom. The van der Waals surface area contributed by atoms with Crippen LogP contribution >= 0.6 is 0 Å². The van der Waals surface area contributed by atoms with Crippen molar-refractivity contribution in [3.63, 3.8) is 0 Å². The van der Waals surface area contributed by atoms with Crippen molar-refractivity contribution in [3.05, 3.63) is 19.1 Å². The van der Waals surface area contributed by atoms with Gasteiger partial charge >= 0.3 is 0 Å². The Morgan fingerprint density at radius 1 is 1.27 bits per heavy atom. The molecule has 0 heteroatoms. The maximum Gasteiger partial charge on any atom is -0.0348 e. The van der Waals surface area contributed by atoms with Crippen molar-refractivity contribution in [1.29, 1.82) is 0 Å². The Bertz CT molecular complexity index is 92.2. The van der Waals surface area contributed by atoms with Gasteiger partial charge in [0, 0.05) is 0 Å². The molecular weight excluding hydrogens is 132 g/mol. The zero-order chi connectivity index (χ0) is 8.53. The minimum atomic E-state index is 0.888. The second kappa shape index (κ2) is 7.84. The van der Waals surface area contributed by atoms with Gasteiger partial charge in [0.1, 0.15) is 0 Å². The topological polar surface area (TPSA) is 0 Å². The lowest BCUT2D eigenvalue weighted by Crippen LogP contribution is -1.89. The average molecular weight is 153 g/mol. The van der Waals surface area contributed by atoms with Crippen LogP contribution in [0.4, 0.5) is 0 Å². The van der Waals surface area contributed by atoms with Gasteiger partial charge in [-0.2, -0.15) is 0 Å². The van der Waals surface area contributed by atoms with E-state index in [1.807, 2.05) is 0 Å². The highest BCUT2D eigenvalue weighted by Crippen LogP contribution is 2.09. The first-order valence-corrected chi connectivity index (χ1v) is 4.75. The minimum absolute atomic E-state index is 0.888. The van der Waals surface area contributed by atoms with E-state index in [0.29, 0.717) is 0 Å². The van der Waals surface area contributed by atoms with Crippen LogP contribution in [0, 0.1) is 12.8 Å². The van der Waals surface area contributed by atoms with Gasteiger partial charge in [-0.25, -0.2) is 0 Å². The van der Waals surface area contributed by atoms with Crippen LogP contribution in [0.5, 0.6) is 0 Å². The molecule has 0 nitrogen and oxygen atoms in total. The van der Waals surface area contributed by atoms with Crippen LogP contribution in [-0.2, 0) is 0 Å². The SMILES string of the molecule is [CH2]CCC=CCCC(C)CC. The average Bonchev–Trinajstić information content (AvgIpc) is 2.04. The van der Waals surface area contributed by atoms with Crippen molar-refractivity contribution < 1.29 is 0 Å². The number of hydrogen-bond acceptors (Lipinski definition) is 0. The zero-order valence-electron chi connectivity index (χ0n) is 7.97. The maximum atomic E-state index is 3.78. The smallest absolute Gasteiger partial charge is 0.0348 e. The van der Waals surface area contributed by atoms with Gasteiger partial charge in [-0.15, -0.1) is 0 Å². The van der Waals surface area contributed by atoms with Crippen LogP contribution in [-0.4, -0.2) is 0 Å². The summed E-state index contributed by atoms with van der Waals surface area (Å²) in [5, 5.41) is 0. The molecule has 65 valence electrons. The predicted octanol–water partition coefficient (Wildman–Crippen LogP) is 3.98. The molecule has 0 heterocycles. The van der Waals surface area contributed by atoms with Crippen molar-refractivity contribution in [3.8, 4) is 0 Å². The summed E-state index contributed by atoms with van der Waals surface area (Å²) >= 11 is 0. The van der Waals surface area contributed by atoms with Gasteiger partial charge in [0.15, 0.2) is 0 Å². The third kappa shape index (κ3) is 7.64. The molecule has 0 aliphatic rings. The van der Waals surface area contributed by atoms with Gasteiger partial charge in [-0.1, -0.05) is 39.3 Å². The summed E-state index contributed by atoms with van der Waals surface area (Å²) in [5.74, 6) is 0.888. The Labute approximate surface area is 71.7 Å². The minimum Gasteiger partial charge on any atom is -0.0885 e. The maximum absolute atomic E-state index is 3.78. The first kappa shape index (κ1) is 10.7. The summed E-state index contributed by atoms with van der Waals surface area (Å²) in [6.07, 6.45) is 10.6. The number of allylic oxidation sites excluding steroid dienone is 2. The van der Waals surface area contributed by atoms with Gasteiger partial charge in [0.2, 0.25) is 0 Å². The van der Waals surface area contributed by atoms with Crippen molar-refractivity contribution in [2.24, 2.45) is 5.92 Å². The Hall–Kier alpha value is -0.260. The van der Waals surface area contributed by atoms with E-state index >= 15 is 0 Å². The molecule has 1 radical (unpaired) electrons. The quantitative estimate of drug-likeness (QED) is 0.506. The van der Waals surface area contributed by atoms with E-state index in [9.17, 15) is 0 Å². The molecule has 0 aliphatic carbocycles. The Morgan fingerprint density at radius 2 is 1.91 bits per heavy atom. The fraction of sp³-hybridized carbons (Fsp3) is 0.727. The van der Waals surface area contributed by atoms with Crippen LogP contribution in [0.15, 0.2) is 12.2 Å². The van der Waals surface area contributed by atoms with Crippen LogP contribution in [0.2, 0.25) is 0 Å². The van der Waals surface area contributed by atoms with Crippen LogP contribution in [0.25, 0.3) is 0 Å². The molecule has 0 fully saturated rings. The van der Waals surface area contributed by atoms with E-state index < -0.39 is 0 Å². The van der Waals surface area contributed by atoms with Gasteiger partial charge in [-0.05, 0) is 31.6 Å². The first-order valence-electron chi connectivity index (χ1n) is 4.75. The lowest BCUT2D eigenvalue weighted by atomic mass is 10.0. The molecule has 0 aromatic carbocycles. The van der Waals surface area contributed by atoms with Crippen molar-refractivity contribution in [2.75, 3.05) is 0 Å². The standard InChI is InChI=1S/C11H21/c1-4-6-7-8-9-10-11(3)5-2/h7-8,11H,1,4-6,9-10H2,2-3H3. The third-order valence-corrected chi connectivity index (χ3v) is 2.06. The highest BCUT2D eigenvalue weighted by molar-refractivity contribution is 4.81. The highest BCUT2D eigenvalue weighted by atomic mass is 14.0. The van der Waals surface area contributed by atoms with Gasteiger partial charge in [0.05, 0.1) is 0 Å². The normalized spacial score (nSPS) is 14.1. The fourth-order valence-electron chi connectivity index (χ4n) is 0.938. The summed E-state index contributed by atoms with van der Waals surface area (Å²) in [4.78, 5) is 0. The summed E-state index contributed by atoms with van der Waals surface area (Å²) in [7, 11) is 0. The van der Waals surface area contributed by atoms with Crippen molar-refractivity contribution >= 4 is 0 Å². The van der Waals surface area contributed by atoms with E-state index in [1.165, 1.54) is 19.3 Å². The fourth-order valence-corrected chi connectivity index (χ4v) is 0.938. The second-order valence-corrected chi connectivity index (χ2v) is 3.20. The molecule has 0 saturated heterocycles. The highest BCUT2D eigenvalue weighted by Gasteiger charge is 1.94. The molecule has 0 amide bonds. The van der Waals surface area contributed by atoms with Gasteiger partial charge in [-0.3, -0.25) is 0 Å². The van der Waals surface area contributed by atoms with E-state index in [0.717, 1.165) is 18.8 Å². The van der Waals surface area contributed by atoms with Gasteiger partial charge in [0.25, 0.3) is 0 Å². The van der Waals surface area contributed by atoms with Crippen molar-refractivity contribution in [2.45, 2.75) is 46.0 Å². The molecule has 0 aromatic heterocycles. The molecule has 0 N–H and O–H groups in total. The summed E-state index contributed by atoms with van der Waals surface area (Å²) in [6.45, 7) is 8.35. The molecule has 11 heavy (non-hydrogen) atoms. The monoisotopic (exact) mass is 153 g/mol. The predicted molar refractivity (Wildman–Crippen MR) is 52.4 cm³/mol. The van der Waals surface area contributed by atoms with Gasteiger partial charge < -0.3 is 0 Å². The van der Waals surface area contributed by atoms with E-state index in [2.05, 4.69) is 32.9 Å². The van der Waals surface area contributed by atoms with Crippen LogP contribution < -0.4 is 0 Å². The van der Waals surface area contributed by atoms with Crippen LogP contribution in [0.3, 0.4) is 0 Å². The lowest BCUT2D eigenvalue weighted by Gasteiger charge is -2.03. The largest absolute Gasteiger partial charge is 0.0885 e. The first-order chi connectivity index (χ1) is 5.31. The Kier molecular flexibility index (Phi) is 7.66. The molecule has 1 atom stereocenters. The molecule has 0 saturated carbocycles. The number of rotatable bonds is 6. The van der Waals surface area contributed by atoms with E-state index in [1.54, 1.807) is 0 Å². The van der Waals surface area contributed by atoms with Crippen molar-refractivity contribution in [1.82, 2.24) is 0 Å². The van der Waals surface area contributed by atoms with Crippen LogP contribution in [0.1, 0.15) is 46.0 Å². The summed E-state index contributed by atoms with van der Waals surface area (Å²) in [5.41, 5.74) is 0. The molecule has 0 aromatic rings. The molecule has 0 bridgehead atoms. The second-order valence-electron chi connectivity index (χ2n) is 3.20. The summed E-state index contributed by atoms with van der Waals surface area (Å²) in [6, 6.07) is 0. The lowest BCUT2D eigenvalue weighted by molar-refractivity contribution is 0.521. The zero-order valence-corrected chi connectivity index (χ0v) is 7.97.